The Morgan fingerprint density at radius 3 is 2.43 bits per heavy atom. The van der Waals surface area contributed by atoms with Crippen LogP contribution < -0.4 is 5.32 Å². The van der Waals surface area contributed by atoms with Crippen LogP contribution in [0, 0.1) is 17.8 Å². The molecule has 1 amide bonds. The van der Waals surface area contributed by atoms with Crippen molar-refractivity contribution in [3.8, 4) is 10.7 Å². The van der Waals surface area contributed by atoms with Crippen LogP contribution in [0.5, 0.6) is 0 Å². The Morgan fingerprint density at radius 1 is 1.13 bits per heavy atom. The number of ketones is 1. The molecule has 2 aromatic heterocycles. The number of aryl methyl sites for hydroxylation is 1. The molecule has 3 fully saturated rings. The number of Topliss-reactive ketones (excluding diaryl/α,β-unsaturated/α-hetero) is 1. The second kappa shape index (κ2) is 22.0. The number of aromatic nitrogens is 4. The molecular weight excluding hydrogens is 818 g/mol. The molecule has 5 rings (SSSR count). The first-order chi connectivity index (χ1) is 28.3. The Bertz CT molecular complexity index is 1680. The van der Waals surface area contributed by atoms with E-state index >= 15 is 0 Å². The molecular formula is C41H68FN7O9S2. The first kappa shape index (κ1) is 49.9. The highest BCUT2D eigenvalue weighted by molar-refractivity contribution is 7.93. The number of nitrogens with zero attached hydrogens (tertiary/aromatic N) is 6. The Labute approximate surface area is 363 Å². The molecule has 3 saturated heterocycles. The monoisotopic (exact) mass is 885 g/mol. The van der Waals surface area contributed by atoms with E-state index in [2.05, 4.69) is 27.5 Å². The number of aliphatic hydroxyl groups excluding tert-OH is 1. The van der Waals surface area contributed by atoms with E-state index in [0.717, 1.165) is 17.1 Å². The van der Waals surface area contributed by atoms with Gasteiger partial charge < -0.3 is 39.0 Å². The summed E-state index contributed by atoms with van der Waals surface area (Å²) >= 11 is 1.75. The first-order valence-electron chi connectivity index (χ1n) is 21.0. The minimum Gasteiger partial charge on any atom is -0.458 e. The van der Waals surface area contributed by atoms with Crippen molar-refractivity contribution in [2.24, 2.45) is 17.8 Å². The van der Waals surface area contributed by atoms with E-state index < -0.39 is 71.5 Å². The predicted octanol–water partition coefficient (Wildman–Crippen LogP) is 5.39. The topological polar surface area (TPSA) is 180 Å². The normalized spacial score (nSPS) is 35.8. The summed E-state index contributed by atoms with van der Waals surface area (Å²) in [6, 6.07) is -1.02. The van der Waals surface area contributed by atoms with E-state index in [4.69, 9.17) is 23.7 Å². The van der Waals surface area contributed by atoms with Gasteiger partial charge in [-0.25, -0.2) is 9.78 Å². The highest BCUT2D eigenvalue weighted by atomic mass is 32.2. The van der Waals surface area contributed by atoms with Crippen LogP contribution in [0.1, 0.15) is 87.5 Å². The molecule has 340 valence electrons. The zero-order chi connectivity index (χ0) is 44.5. The molecule has 0 saturated carbocycles. The molecule has 2 unspecified atom stereocenters. The van der Waals surface area contributed by atoms with Gasteiger partial charge in [0.15, 0.2) is 17.7 Å². The Kier molecular flexibility index (Phi) is 18.3. The largest absolute Gasteiger partial charge is 0.458 e. The molecule has 0 aliphatic carbocycles. The lowest BCUT2D eigenvalue weighted by atomic mass is 9.78. The van der Waals surface area contributed by atoms with E-state index in [1.165, 1.54) is 24.5 Å². The van der Waals surface area contributed by atoms with Crippen LogP contribution >= 0.6 is 23.5 Å². The molecule has 2 aromatic rings. The maximum absolute atomic E-state index is 14.4. The molecule has 2 N–H and O–H groups in total. The molecule has 0 radical (unpaired) electrons. The van der Waals surface area contributed by atoms with Crippen LogP contribution in [0.2, 0.25) is 0 Å². The number of esters is 1. The average Bonchev–Trinajstić information content (AvgIpc) is 3.97. The van der Waals surface area contributed by atoms with Crippen molar-refractivity contribution >= 4 is 41.3 Å². The SMILES string of the molecule is CC[C@H]1OC(=O)[C@H](C)C(=O)[C@H](C)[C@@H](O[C@@H]2O[C@H](C)CC(N(C)C)C2O)[C@](C)(OC)C[C@@H](C)CN[C@H](C)[C@H]2N(CCCCn3cc(-c4nccs4)nn3)C(=O)O[C@]12C.CSF. The van der Waals surface area contributed by atoms with Crippen molar-refractivity contribution < 1.29 is 47.1 Å². The minimum atomic E-state index is -1.22. The van der Waals surface area contributed by atoms with Gasteiger partial charge in [-0.2, -0.15) is 3.89 Å². The van der Waals surface area contributed by atoms with Gasteiger partial charge in [0.2, 0.25) is 0 Å². The second-order valence-electron chi connectivity index (χ2n) is 17.2. The van der Waals surface area contributed by atoms with Gasteiger partial charge >= 0.3 is 12.1 Å². The van der Waals surface area contributed by atoms with Crippen molar-refractivity contribution in [1.82, 2.24) is 35.1 Å². The van der Waals surface area contributed by atoms with Crippen molar-refractivity contribution in [2.75, 3.05) is 40.6 Å². The fraction of sp³-hybridized carbons (Fsp3) is 0.805. The van der Waals surface area contributed by atoms with Crippen molar-refractivity contribution in [2.45, 2.75) is 154 Å². The number of aliphatic hydroxyl groups is 1. The number of nitrogens with one attached hydrogen (secondary N) is 1. The highest BCUT2D eigenvalue weighted by Gasteiger charge is 2.58. The number of carbonyl (C=O) groups excluding carboxylic acids is 3. The van der Waals surface area contributed by atoms with Gasteiger partial charge in [0.05, 0.1) is 30.0 Å². The lowest BCUT2D eigenvalue weighted by molar-refractivity contribution is -0.295. The highest BCUT2D eigenvalue weighted by Crippen LogP contribution is 2.40. The Hall–Kier alpha value is -2.78. The molecule has 0 bridgehead atoms. The fourth-order valence-electron chi connectivity index (χ4n) is 9.07. The molecule has 13 atom stereocenters. The van der Waals surface area contributed by atoms with Gasteiger partial charge in [-0.15, -0.1) is 16.4 Å². The zero-order valence-corrected chi connectivity index (χ0v) is 39.0. The molecule has 60 heavy (non-hydrogen) atoms. The van der Waals surface area contributed by atoms with Crippen LogP contribution in [0.4, 0.5) is 8.68 Å². The van der Waals surface area contributed by atoms with Gasteiger partial charge in [-0.05, 0) is 93.3 Å². The maximum Gasteiger partial charge on any atom is 0.410 e. The summed E-state index contributed by atoms with van der Waals surface area (Å²) in [7, 11) is 5.39. The smallest absolute Gasteiger partial charge is 0.410 e. The number of ether oxygens (including phenoxy) is 5. The van der Waals surface area contributed by atoms with Crippen LogP contribution in [0.3, 0.4) is 0 Å². The standard InChI is InChI=1S/C40H65N7O9S.CH3FS/c1-12-30-40(8)33(47(38(51)56-40)17-14-13-16-46-22-28(43-44-46)35-41-15-18-57-35)27(6)42-21-23(2)20-39(7,52-11)34(25(4)31(48)26(5)36(50)54-30)55-37-32(49)29(45(9)10)19-24(3)53-37;1-3-2/h15,18,22-27,29-30,32-34,37,42,49H,12-14,16-17,19-21H2,1-11H3;1H3/t23-,24-,25+,26-,27-,29?,30-,32?,33-,34-,37+,39-,40-;/m1./s1. The second-order valence-corrected chi connectivity index (χ2v) is 18.4. The summed E-state index contributed by atoms with van der Waals surface area (Å²) in [5.74, 6) is -3.14. The average molecular weight is 886 g/mol. The number of halogens is 1. The van der Waals surface area contributed by atoms with E-state index in [0.29, 0.717) is 45.3 Å². The zero-order valence-electron chi connectivity index (χ0n) is 37.3. The molecule has 19 heteroatoms. The number of rotatable bonds is 11. The van der Waals surface area contributed by atoms with Gasteiger partial charge in [-0.1, -0.05) is 26.0 Å². The van der Waals surface area contributed by atoms with Crippen LogP contribution in [0.15, 0.2) is 17.8 Å². The van der Waals surface area contributed by atoms with Gasteiger partial charge in [0.1, 0.15) is 28.8 Å². The third-order valence-electron chi connectivity index (χ3n) is 12.3. The van der Waals surface area contributed by atoms with E-state index in [9.17, 15) is 23.4 Å². The summed E-state index contributed by atoms with van der Waals surface area (Å²) in [4.78, 5) is 50.1. The van der Waals surface area contributed by atoms with Crippen molar-refractivity contribution in [1.29, 1.82) is 0 Å². The summed E-state index contributed by atoms with van der Waals surface area (Å²) in [5, 5.41) is 26.3. The third kappa shape index (κ3) is 11.6. The number of fused-ring (bicyclic) bond motifs is 1. The first-order valence-corrected chi connectivity index (χ1v) is 23.0. The van der Waals surface area contributed by atoms with Gasteiger partial charge in [0, 0.05) is 68.2 Å². The lowest BCUT2D eigenvalue weighted by Crippen LogP contribution is -2.61. The summed E-state index contributed by atoms with van der Waals surface area (Å²) in [5.41, 5.74) is -1.54. The number of unbranched alkanes of at least 4 members (excludes halogenated alkanes) is 1. The molecule has 16 nitrogen and oxygen atoms in total. The quantitative estimate of drug-likeness (QED) is 0.167. The van der Waals surface area contributed by atoms with E-state index in [1.54, 1.807) is 29.8 Å². The van der Waals surface area contributed by atoms with E-state index in [-0.39, 0.29) is 36.3 Å². The number of amides is 1. The maximum atomic E-state index is 14.4. The Morgan fingerprint density at radius 2 is 1.82 bits per heavy atom. The van der Waals surface area contributed by atoms with Crippen molar-refractivity contribution in [3.05, 3.63) is 17.8 Å². The van der Waals surface area contributed by atoms with E-state index in [1.807, 2.05) is 65.2 Å². The number of methoxy groups -OCH3 is 1. The van der Waals surface area contributed by atoms with Gasteiger partial charge in [-0.3, -0.25) is 19.2 Å². The molecule has 0 spiro atoms. The number of carbonyl (C=O) groups is 3. The fourth-order valence-corrected chi connectivity index (χ4v) is 9.66. The summed E-state index contributed by atoms with van der Waals surface area (Å²) in [6.45, 7) is 16.5. The third-order valence-corrected chi connectivity index (χ3v) is 13.1. The van der Waals surface area contributed by atoms with Crippen LogP contribution in [-0.2, 0) is 39.8 Å². The summed E-state index contributed by atoms with van der Waals surface area (Å²) in [6.07, 6.45) is 3.37. The Balaban J connectivity index is 0.00000257. The number of hydrogen-bond donors (Lipinski definition) is 2. The lowest BCUT2D eigenvalue weighted by Gasteiger charge is -2.46. The number of thiazole rings is 1. The minimum absolute atomic E-state index is 0.00599. The molecule has 0 aromatic carbocycles. The van der Waals surface area contributed by atoms with Crippen LogP contribution in [-0.4, -0.2) is 153 Å². The summed E-state index contributed by atoms with van der Waals surface area (Å²) < 4.78 is 43.5. The number of likely N-dealkylation sites (N-methyl/N-ethyl adjacent to an activating group) is 1. The molecule has 3 aliphatic heterocycles. The molecule has 3 aliphatic rings. The van der Waals surface area contributed by atoms with Crippen molar-refractivity contribution in [3.63, 3.8) is 0 Å². The molecule has 5 heterocycles. The van der Waals surface area contributed by atoms with Gasteiger partial charge in [0.25, 0.3) is 0 Å². The number of cyclic esters (lactones) is 1. The predicted molar refractivity (Wildman–Crippen MR) is 228 cm³/mol. The number of hydrogen-bond acceptors (Lipinski definition) is 16. The van der Waals surface area contributed by atoms with Crippen LogP contribution in [0.25, 0.3) is 10.7 Å².